The maximum atomic E-state index is 13.6. The Kier molecular flexibility index (Phi) is 9.98. The predicted octanol–water partition coefficient (Wildman–Crippen LogP) is 4.01. The Balaban J connectivity index is 1.51. The lowest BCUT2D eigenvalue weighted by Crippen LogP contribution is -2.63. The van der Waals surface area contributed by atoms with E-state index in [4.69, 9.17) is 10.5 Å². The molecule has 2 unspecified atom stereocenters. The first kappa shape index (κ1) is 33.5. The summed E-state index contributed by atoms with van der Waals surface area (Å²) >= 11 is 1.36. The summed E-state index contributed by atoms with van der Waals surface area (Å²) in [6.45, 7) is 16.3. The van der Waals surface area contributed by atoms with Crippen LogP contribution < -0.4 is 11.1 Å². The zero-order chi connectivity index (χ0) is 31.2. The molecule has 0 aromatic carbocycles. The highest BCUT2D eigenvalue weighted by Gasteiger charge is 2.68. The zero-order valence-corrected chi connectivity index (χ0v) is 27.3. The second kappa shape index (κ2) is 12.5. The standard InChI is InChI=1S/C33H54N2O6S/c1-8-31(6)16-25(32(7)19(4)11-13-33(20(5)29(31)39)14-12-23(37)28(32)33)41-26(38)17-42-24-15-21(9-10-22(24)36)35-30(40)27(34)18(2)3/h8,18-22,24-25,27-29,36,39H,1,9-17,34H2,2-7H3,(H,35,40)/t19?,20-,21-,22+,24-,25+,27+,28-,29-,31+,32-,33?/m0/s1. The van der Waals surface area contributed by atoms with Gasteiger partial charge in [-0.15, -0.1) is 18.3 Å². The van der Waals surface area contributed by atoms with Gasteiger partial charge in [-0.3, -0.25) is 14.4 Å². The van der Waals surface area contributed by atoms with Crippen molar-refractivity contribution in [2.45, 2.75) is 129 Å². The molecule has 1 amide bonds. The SMILES string of the molecule is C=C[C@]1(C)C[C@@H](OC(=O)CS[C@H]2C[C@@H](NC(=O)[C@H](N)C(C)C)CC[C@H]2O)[C@]2(C)C(C)CCC3(CCC(=O)[C@H]32)[C@@H](C)[C@@H]1O. The van der Waals surface area contributed by atoms with E-state index in [-0.39, 0.29) is 63.8 Å². The minimum Gasteiger partial charge on any atom is -0.461 e. The number of aliphatic hydroxyl groups is 2. The summed E-state index contributed by atoms with van der Waals surface area (Å²) in [5.74, 6) is -0.423. The van der Waals surface area contributed by atoms with Gasteiger partial charge in [0.1, 0.15) is 11.9 Å². The average Bonchev–Trinajstić information content (AvgIpc) is 3.31. The fourth-order valence-corrected chi connectivity index (χ4v) is 10.0. The van der Waals surface area contributed by atoms with Crippen LogP contribution in [0, 0.1) is 39.9 Å². The number of carbonyl (C=O) groups is 3. The van der Waals surface area contributed by atoms with Crippen LogP contribution in [-0.4, -0.2) is 69.3 Å². The monoisotopic (exact) mass is 606 g/mol. The zero-order valence-electron chi connectivity index (χ0n) is 26.4. The molecule has 0 aromatic rings. The van der Waals surface area contributed by atoms with Crippen molar-refractivity contribution in [2.24, 2.45) is 45.7 Å². The third-order valence-corrected chi connectivity index (χ3v) is 13.5. The van der Waals surface area contributed by atoms with Crippen LogP contribution >= 0.6 is 11.8 Å². The third kappa shape index (κ3) is 5.84. The van der Waals surface area contributed by atoms with E-state index >= 15 is 0 Å². The molecule has 2 bridgehead atoms. The second-order valence-corrected chi connectivity index (χ2v) is 16.0. The number of nitrogens with one attached hydrogen (secondary N) is 1. The largest absolute Gasteiger partial charge is 0.461 e. The van der Waals surface area contributed by atoms with E-state index in [1.807, 2.05) is 20.8 Å². The van der Waals surface area contributed by atoms with Crippen molar-refractivity contribution < 1.29 is 29.3 Å². The van der Waals surface area contributed by atoms with E-state index in [0.29, 0.717) is 32.1 Å². The molecule has 0 radical (unpaired) electrons. The van der Waals surface area contributed by atoms with Crippen LogP contribution in [-0.2, 0) is 19.1 Å². The molecule has 0 spiro atoms. The summed E-state index contributed by atoms with van der Waals surface area (Å²) in [5, 5.41) is 25.2. The molecule has 42 heavy (non-hydrogen) atoms. The minimum absolute atomic E-state index is 0.0260. The molecule has 4 rings (SSSR count). The maximum Gasteiger partial charge on any atom is 0.316 e. The van der Waals surface area contributed by atoms with Crippen molar-refractivity contribution in [3.05, 3.63) is 12.7 Å². The topological polar surface area (TPSA) is 139 Å². The average molecular weight is 607 g/mol. The first-order valence-electron chi connectivity index (χ1n) is 16.0. The van der Waals surface area contributed by atoms with Crippen LogP contribution in [0.5, 0.6) is 0 Å². The van der Waals surface area contributed by atoms with E-state index in [9.17, 15) is 24.6 Å². The van der Waals surface area contributed by atoms with Gasteiger partial charge in [0.2, 0.25) is 5.91 Å². The third-order valence-electron chi connectivity index (χ3n) is 12.1. The molecule has 12 atom stereocenters. The molecule has 4 aliphatic rings. The van der Waals surface area contributed by atoms with Gasteiger partial charge >= 0.3 is 5.97 Å². The quantitative estimate of drug-likeness (QED) is 0.240. The van der Waals surface area contributed by atoms with Crippen LogP contribution in [0.2, 0.25) is 0 Å². The Hall–Kier alpha value is -1.42. The van der Waals surface area contributed by atoms with Gasteiger partial charge in [0.25, 0.3) is 0 Å². The lowest BCUT2D eigenvalue weighted by atomic mass is 9.44. The molecule has 0 heterocycles. The highest BCUT2D eigenvalue weighted by atomic mass is 32.2. The number of carbonyl (C=O) groups excluding carboxylic acids is 3. The smallest absolute Gasteiger partial charge is 0.316 e. The maximum absolute atomic E-state index is 13.6. The molecular weight excluding hydrogens is 552 g/mol. The van der Waals surface area contributed by atoms with Crippen molar-refractivity contribution >= 4 is 29.4 Å². The fraction of sp³-hybridized carbons (Fsp3) is 0.848. The molecule has 8 nitrogen and oxygen atoms in total. The normalized spacial score (nSPS) is 44.5. The number of esters is 1. The van der Waals surface area contributed by atoms with E-state index in [0.717, 1.165) is 19.3 Å². The van der Waals surface area contributed by atoms with Gasteiger partial charge in [-0.05, 0) is 68.1 Å². The molecule has 0 saturated heterocycles. The first-order valence-corrected chi connectivity index (χ1v) is 17.0. The Morgan fingerprint density at radius 3 is 2.52 bits per heavy atom. The van der Waals surface area contributed by atoms with Crippen molar-refractivity contribution in [1.82, 2.24) is 5.32 Å². The molecule has 238 valence electrons. The van der Waals surface area contributed by atoms with Crippen LogP contribution in [0.1, 0.15) is 92.9 Å². The summed E-state index contributed by atoms with van der Waals surface area (Å²) in [7, 11) is 0. The number of thioether (sulfide) groups is 1. The molecule has 5 N–H and O–H groups in total. The van der Waals surface area contributed by atoms with E-state index in [1.54, 1.807) is 6.08 Å². The number of hydrogen-bond acceptors (Lipinski definition) is 8. The van der Waals surface area contributed by atoms with Crippen molar-refractivity contribution in [2.75, 3.05) is 5.75 Å². The second-order valence-electron chi connectivity index (χ2n) is 14.8. The van der Waals surface area contributed by atoms with Gasteiger partial charge in [0, 0.05) is 34.5 Å². The van der Waals surface area contributed by atoms with E-state index in [1.165, 1.54) is 11.8 Å². The number of rotatable bonds is 8. The molecule has 4 fully saturated rings. The molecule has 0 aliphatic heterocycles. The van der Waals surface area contributed by atoms with E-state index in [2.05, 4.69) is 32.7 Å². The van der Waals surface area contributed by atoms with Gasteiger partial charge in [0.15, 0.2) is 0 Å². The number of ketones is 1. The summed E-state index contributed by atoms with van der Waals surface area (Å²) in [4.78, 5) is 39.6. The number of Topliss-reactive ketones (excluding diaryl/α,β-unsaturated/α-hetero) is 1. The van der Waals surface area contributed by atoms with Crippen LogP contribution in [0.4, 0.5) is 0 Å². The van der Waals surface area contributed by atoms with Crippen molar-refractivity contribution in [3.63, 3.8) is 0 Å². The lowest BCUT2D eigenvalue weighted by molar-refractivity contribution is -0.205. The van der Waals surface area contributed by atoms with Gasteiger partial charge in [-0.1, -0.05) is 47.6 Å². The molecule has 0 aromatic heterocycles. The van der Waals surface area contributed by atoms with Crippen LogP contribution in [0.25, 0.3) is 0 Å². The summed E-state index contributed by atoms with van der Waals surface area (Å²) < 4.78 is 6.36. The summed E-state index contributed by atoms with van der Waals surface area (Å²) in [5.41, 5.74) is 4.47. The van der Waals surface area contributed by atoms with Crippen LogP contribution in [0.3, 0.4) is 0 Å². The summed E-state index contributed by atoms with van der Waals surface area (Å²) in [6, 6.07) is -0.691. The number of amides is 1. The molecule has 4 aliphatic carbocycles. The minimum atomic E-state index is -0.703. The Labute approximate surface area is 256 Å². The van der Waals surface area contributed by atoms with Gasteiger partial charge < -0.3 is 26.0 Å². The van der Waals surface area contributed by atoms with E-state index < -0.39 is 35.2 Å². The summed E-state index contributed by atoms with van der Waals surface area (Å²) in [6.07, 6.45) is 5.19. The molecular formula is C33H54N2O6S. The number of nitrogens with two attached hydrogens (primary N) is 1. The fourth-order valence-electron chi connectivity index (χ4n) is 8.89. The number of aliphatic hydroxyl groups excluding tert-OH is 2. The molecule has 4 saturated carbocycles. The number of ether oxygens (including phenoxy) is 1. The van der Waals surface area contributed by atoms with Gasteiger partial charge in [0.05, 0.1) is 24.0 Å². The Bertz CT molecular complexity index is 1050. The Morgan fingerprint density at radius 1 is 1.19 bits per heavy atom. The first-order chi connectivity index (χ1) is 19.6. The Morgan fingerprint density at radius 2 is 1.88 bits per heavy atom. The van der Waals surface area contributed by atoms with Gasteiger partial charge in [-0.2, -0.15) is 0 Å². The van der Waals surface area contributed by atoms with Gasteiger partial charge in [-0.25, -0.2) is 0 Å². The highest BCUT2D eigenvalue weighted by Crippen LogP contribution is 2.68. The highest BCUT2D eigenvalue weighted by molar-refractivity contribution is 8.00. The van der Waals surface area contributed by atoms with Crippen molar-refractivity contribution in [3.8, 4) is 0 Å². The van der Waals surface area contributed by atoms with Crippen LogP contribution in [0.15, 0.2) is 12.7 Å². The number of hydrogen-bond donors (Lipinski definition) is 4. The predicted molar refractivity (Wildman–Crippen MR) is 165 cm³/mol. The molecule has 9 heteroatoms. The van der Waals surface area contributed by atoms with Crippen molar-refractivity contribution in [1.29, 1.82) is 0 Å². The lowest BCUT2D eigenvalue weighted by Gasteiger charge is -2.61.